The van der Waals surface area contributed by atoms with Crippen molar-refractivity contribution in [3.05, 3.63) is 112 Å². The molecule has 3 aromatic carbocycles. The molecule has 1 N–H and O–H groups in total. The summed E-state index contributed by atoms with van der Waals surface area (Å²) in [4.78, 5) is 4.78. The van der Waals surface area contributed by atoms with Gasteiger partial charge < -0.3 is 5.11 Å². The second-order valence-corrected chi connectivity index (χ2v) is 13.1. The summed E-state index contributed by atoms with van der Waals surface area (Å²) in [5.41, 5.74) is 6.34. The lowest BCUT2D eigenvalue weighted by Crippen LogP contribution is -2.18. The Morgan fingerprint density at radius 1 is 1.00 bits per heavy atom. The van der Waals surface area contributed by atoms with E-state index in [4.69, 9.17) is 16.6 Å². The second-order valence-electron chi connectivity index (χ2n) is 11.5. The van der Waals surface area contributed by atoms with Gasteiger partial charge in [-0.05, 0) is 104 Å². The predicted molar refractivity (Wildman–Crippen MR) is 169 cm³/mol. The van der Waals surface area contributed by atoms with Gasteiger partial charge in [0, 0.05) is 15.7 Å². The normalized spacial score (nSPS) is 15.6. The number of aliphatic hydroxyl groups is 1. The molecule has 2 nitrogen and oxygen atoms in total. The van der Waals surface area contributed by atoms with E-state index in [1.165, 1.54) is 41.7 Å². The van der Waals surface area contributed by atoms with Gasteiger partial charge in [0.25, 0.3) is 0 Å². The topological polar surface area (TPSA) is 33.1 Å². The molecule has 1 aliphatic rings. The third-order valence-electron chi connectivity index (χ3n) is 8.05. The molecular formula is C35H38ClNOS. The maximum absolute atomic E-state index is 10.7. The molecule has 1 aromatic heterocycles. The molecule has 1 atom stereocenters. The maximum Gasteiger partial charge on any atom is 0.0843 e. The molecule has 5 rings (SSSR count). The Labute approximate surface area is 242 Å². The van der Waals surface area contributed by atoms with Crippen molar-refractivity contribution in [2.24, 2.45) is 5.41 Å². The van der Waals surface area contributed by atoms with Crippen molar-refractivity contribution in [2.75, 3.05) is 5.75 Å². The molecule has 4 heteroatoms. The van der Waals surface area contributed by atoms with E-state index in [0.29, 0.717) is 15.7 Å². The van der Waals surface area contributed by atoms with E-state index < -0.39 is 5.60 Å². The van der Waals surface area contributed by atoms with Gasteiger partial charge in [0.2, 0.25) is 0 Å². The number of thioether (sulfide) groups is 1. The number of halogens is 1. The average Bonchev–Trinajstić information content (AvgIpc) is 3.72. The SMILES string of the molecule is CCC1(CS[C@@H](CCc2ccccc2C(C)(C)O)c2cccc(/C=C/c3ccc4ccc(Cl)cc4n3)c2)CC1. The second kappa shape index (κ2) is 11.9. The Balaban J connectivity index is 1.36. The zero-order valence-corrected chi connectivity index (χ0v) is 24.7. The number of benzene rings is 3. The minimum Gasteiger partial charge on any atom is -0.386 e. The molecular weight excluding hydrogens is 518 g/mol. The van der Waals surface area contributed by atoms with E-state index in [-0.39, 0.29) is 0 Å². The van der Waals surface area contributed by atoms with Crippen LogP contribution in [-0.4, -0.2) is 15.8 Å². The molecule has 39 heavy (non-hydrogen) atoms. The van der Waals surface area contributed by atoms with Crippen molar-refractivity contribution in [2.45, 2.75) is 63.7 Å². The van der Waals surface area contributed by atoms with Crippen LogP contribution in [0.15, 0.2) is 78.9 Å². The lowest BCUT2D eigenvalue weighted by molar-refractivity contribution is 0.0776. The van der Waals surface area contributed by atoms with Crippen LogP contribution >= 0.6 is 23.4 Å². The number of aryl methyl sites for hydroxylation is 1. The van der Waals surface area contributed by atoms with E-state index in [1.807, 2.05) is 38.1 Å². The summed E-state index contributed by atoms with van der Waals surface area (Å²) in [7, 11) is 0. The Hall–Kier alpha value is -2.59. The van der Waals surface area contributed by atoms with Crippen LogP contribution in [0.2, 0.25) is 5.02 Å². The van der Waals surface area contributed by atoms with Crippen LogP contribution in [0.3, 0.4) is 0 Å². The molecule has 0 aliphatic heterocycles. The van der Waals surface area contributed by atoms with Crippen molar-refractivity contribution in [3.63, 3.8) is 0 Å². The average molecular weight is 556 g/mol. The van der Waals surface area contributed by atoms with E-state index in [1.54, 1.807) is 0 Å². The quantitative estimate of drug-likeness (QED) is 0.200. The van der Waals surface area contributed by atoms with Gasteiger partial charge in [-0.2, -0.15) is 11.8 Å². The molecule has 1 heterocycles. The minimum absolute atomic E-state index is 0.401. The zero-order chi connectivity index (χ0) is 27.5. The summed E-state index contributed by atoms with van der Waals surface area (Å²) in [6.45, 7) is 6.10. The van der Waals surface area contributed by atoms with Crippen molar-refractivity contribution in [1.82, 2.24) is 4.98 Å². The van der Waals surface area contributed by atoms with Gasteiger partial charge >= 0.3 is 0 Å². The van der Waals surface area contributed by atoms with Gasteiger partial charge in [0.1, 0.15) is 0 Å². The highest BCUT2D eigenvalue weighted by Gasteiger charge is 2.40. The number of fused-ring (bicyclic) bond motifs is 1. The number of nitrogens with zero attached hydrogens (tertiary/aromatic N) is 1. The van der Waals surface area contributed by atoms with Gasteiger partial charge in [0.05, 0.1) is 16.8 Å². The number of aromatic nitrogens is 1. The Morgan fingerprint density at radius 3 is 2.56 bits per heavy atom. The van der Waals surface area contributed by atoms with Crippen LogP contribution < -0.4 is 0 Å². The lowest BCUT2D eigenvalue weighted by atomic mass is 9.90. The molecule has 0 unspecified atom stereocenters. The molecule has 1 fully saturated rings. The van der Waals surface area contributed by atoms with Gasteiger partial charge in [-0.15, -0.1) is 0 Å². The van der Waals surface area contributed by atoms with Crippen molar-refractivity contribution in [1.29, 1.82) is 0 Å². The summed E-state index contributed by atoms with van der Waals surface area (Å²) in [5, 5.41) is 12.9. The zero-order valence-electron chi connectivity index (χ0n) is 23.2. The third kappa shape index (κ3) is 7.14. The first-order valence-electron chi connectivity index (χ1n) is 14.0. The van der Waals surface area contributed by atoms with Crippen LogP contribution in [0, 0.1) is 5.41 Å². The third-order valence-corrected chi connectivity index (χ3v) is 9.98. The summed E-state index contributed by atoms with van der Waals surface area (Å²) in [6, 6.07) is 27.3. The van der Waals surface area contributed by atoms with Crippen LogP contribution in [0.4, 0.5) is 0 Å². The smallest absolute Gasteiger partial charge is 0.0843 e. The van der Waals surface area contributed by atoms with Crippen LogP contribution in [-0.2, 0) is 12.0 Å². The first kappa shape index (κ1) is 28.0. The number of hydrogen-bond donors (Lipinski definition) is 1. The number of hydrogen-bond acceptors (Lipinski definition) is 3. The van der Waals surface area contributed by atoms with Crippen molar-refractivity contribution in [3.8, 4) is 0 Å². The molecule has 1 aliphatic carbocycles. The van der Waals surface area contributed by atoms with Crippen LogP contribution in [0.25, 0.3) is 23.1 Å². The highest BCUT2D eigenvalue weighted by atomic mass is 35.5. The van der Waals surface area contributed by atoms with Crippen LogP contribution in [0.5, 0.6) is 0 Å². The van der Waals surface area contributed by atoms with E-state index in [0.717, 1.165) is 35.0 Å². The van der Waals surface area contributed by atoms with Gasteiger partial charge in [-0.25, -0.2) is 4.98 Å². The summed E-state index contributed by atoms with van der Waals surface area (Å²) in [5.74, 6) is 1.21. The Morgan fingerprint density at radius 2 is 1.79 bits per heavy atom. The number of pyridine rings is 1. The summed E-state index contributed by atoms with van der Waals surface area (Å²) in [6.07, 6.45) is 10.2. The Kier molecular flexibility index (Phi) is 8.52. The Bertz CT molecular complexity index is 1470. The maximum atomic E-state index is 10.7. The van der Waals surface area contributed by atoms with Crippen LogP contribution in [0.1, 0.15) is 79.7 Å². The molecule has 0 spiro atoms. The summed E-state index contributed by atoms with van der Waals surface area (Å²) < 4.78 is 0. The predicted octanol–water partition coefficient (Wildman–Crippen LogP) is 9.88. The summed E-state index contributed by atoms with van der Waals surface area (Å²) >= 11 is 8.30. The first-order valence-corrected chi connectivity index (χ1v) is 15.4. The molecule has 4 aromatic rings. The molecule has 0 saturated heterocycles. The van der Waals surface area contributed by atoms with Gasteiger partial charge in [0.15, 0.2) is 0 Å². The van der Waals surface area contributed by atoms with Gasteiger partial charge in [-0.1, -0.05) is 85.3 Å². The highest BCUT2D eigenvalue weighted by molar-refractivity contribution is 7.99. The van der Waals surface area contributed by atoms with E-state index in [2.05, 4.69) is 85.4 Å². The molecule has 1 saturated carbocycles. The number of rotatable bonds is 11. The highest BCUT2D eigenvalue weighted by Crippen LogP contribution is 2.53. The largest absolute Gasteiger partial charge is 0.386 e. The molecule has 0 radical (unpaired) electrons. The fourth-order valence-electron chi connectivity index (χ4n) is 5.27. The van der Waals surface area contributed by atoms with Gasteiger partial charge in [-0.3, -0.25) is 0 Å². The fraction of sp³-hybridized carbons (Fsp3) is 0.343. The van der Waals surface area contributed by atoms with E-state index in [9.17, 15) is 5.11 Å². The van der Waals surface area contributed by atoms with Crippen molar-refractivity contribution >= 4 is 46.4 Å². The molecule has 202 valence electrons. The minimum atomic E-state index is -0.841. The lowest BCUT2D eigenvalue weighted by Gasteiger charge is -2.24. The standard InChI is InChI=1S/C35H38ClNOS/c1-4-35(20-21-35)24-39-33(19-15-26-9-5-6-11-31(26)34(2,3)38)28-10-7-8-25(22-28)12-17-30-18-14-27-13-16-29(36)23-32(27)37-30/h5-14,16-18,22-23,33,38H,4,15,19-21,24H2,1-3H3/b17-12+/t33-/m0/s1. The van der Waals surface area contributed by atoms with Crippen molar-refractivity contribution < 1.29 is 5.11 Å². The first-order chi connectivity index (χ1) is 18.7. The van der Waals surface area contributed by atoms with E-state index >= 15 is 0 Å². The molecule has 0 bridgehead atoms. The monoisotopic (exact) mass is 555 g/mol. The molecule has 0 amide bonds. The fourth-order valence-corrected chi connectivity index (χ4v) is 7.10.